The first-order chi connectivity index (χ1) is 9.32. The maximum atomic E-state index is 4.90. The predicted molar refractivity (Wildman–Crippen MR) is 79.6 cm³/mol. The van der Waals surface area contributed by atoms with Gasteiger partial charge in [0.25, 0.3) is 0 Å². The lowest BCUT2D eigenvalue weighted by molar-refractivity contribution is -0.112. The second kappa shape index (κ2) is 3.66. The van der Waals surface area contributed by atoms with Gasteiger partial charge in [-0.25, -0.2) is 4.98 Å². The van der Waals surface area contributed by atoms with Gasteiger partial charge in [0.2, 0.25) is 0 Å². The molecule has 1 N–H and O–H groups in total. The van der Waals surface area contributed by atoms with Crippen LogP contribution in [0.4, 0.5) is 0 Å². The fourth-order valence-corrected chi connectivity index (χ4v) is 6.47. The molecule has 0 saturated heterocycles. The maximum absolute atomic E-state index is 4.90. The van der Waals surface area contributed by atoms with Crippen molar-refractivity contribution < 1.29 is 0 Å². The Hall–Kier alpha value is -0.860. The number of rotatable bonds is 2. The molecule has 3 heteroatoms. The third-order valence-electron chi connectivity index (χ3n) is 6.15. The fourth-order valence-electron chi connectivity index (χ4n) is 6.47. The average molecular weight is 273 g/mol. The minimum atomic E-state index is 0.270. The van der Waals surface area contributed by atoms with Crippen LogP contribution in [0.1, 0.15) is 83.8 Å². The van der Waals surface area contributed by atoms with Crippen molar-refractivity contribution in [2.24, 2.45) is 16.7 Å². The van der Waals surface area contributed by atoms with Gasteiger partial charge in [0, 0.05) is 11.3 Å². The van der Waals surface area contributed by atoms with Gasteiger partial charge in [-0.1, -0.05) is 27.7 Å². The Labute approximate surface area is 122 Å². The van der Waals surface area contributed by atoms with Gasteiger partial charge in [0.1, 0.15) is 5.82 Å². The largest absolute Gasteiger partial charge is 0.263 e. The molecule has 4 fully saturated rings. The molecule has 4 aliphatic rings. The lowest BCUT2D eigenvalue weighted by Crippen LogP contribution is -2.57. The smallest absolute Gasteiger partial charge is 0.156 e. The molecule has 0 aromatic carbocycles. The van der Waals surface area contributed by atoms with Gasteiger partial charge in [0.05, 0.1) is 0 Å². The molecule has 3 nitrogen and oxygen atoms in total. The van der Waals surface area contributed by atoms with Crippen LogP contribution in [0.3, 0.4) is 0 Å². The SMILES string of the molecule is CC(C)c1nc(C23CC4CC(C)(CC(C)(C4)C2)C3)n[nH]1. The molecule has 1 heterocycles. The normalized spacial score (nSPS) is 46.4. The van der Waals surface area contributed by atoms with Crippen LogP contribution in [0.25, 0.3) is 0 Å². The molecule has 1 aromatic heterocycles. The monoisotopic (exact) mass is 273 g/mol. The molecule has 5 rings (SSSR count). The zero-order valence-corrected chi connectivity index (χ0v) is 13.3. The van der Waals surface area contributed by atoms with Crippen LogP contribution in [0.5, 0.6) is 0 Å². The van der Waals surface area contributed by atoms with Gasteiger partial charge in [0.15, 0.2) is 5.82 Å². The minimum Gasteiger partial charge on any atom is -0.263 e. The standard InChI is InChI=1S/C17H27N3/c1-11(2)13-18-14(20-19-13)17-7-12-5-15(3,9-17)8-16(4,6-12)10-17/h11-12H,5-10H2,1-4H3,(H,18,19,20). The van der Waals surface area contributed by atoms with E-state index < -0.39 is 0 Å². The quantitative estimate of drug-likeness (QED) is 0.878. The highest BCUT2D eigenvalue weighted by Gasteiger charge is 2.61. The van der Waals surface area contributed by atoms with E-state index in [1.807, 2.05) is 0 Å². The summed E-state index contributed by atoms with van der Waals surface area (Å²) in [7, 11) is 0. The summed E-state index contributed by atoms with van der Waals surface area (Å²) < 4.78 is 0. The molecule has 0 aliphatic heterocycles. The molecular formula is C17H27N3. The average Bonchev–Trinajstić information content (AvgIpc) is 2.72. The first-order valence-corrected chi connectivity index (χ1v) is 8.24. The van der Waals surface area contributed by atoms with Crippen molar-refractivity contribution in [3.05, 3.63) is 11.6 Å². The molecule has 2 unspecified atom stereocenters. The number of aromatic nitrogens is 3. The number of hydrogen-bond acceptors (Lipinski definition) is 2. The molecule has 0 amide bonds. The van der Waals surface area contributed by atoms with Crippen LogP contribution < -0.4 is 0 Å². The van der Waals surface area contributed by atoms with Crippen molar-refractivity contribution in [1.29, 1.82) is 0 Å². The van der Waals surface area contributed by atoms with Crippen LogP contribution in [0.15, 0.2) is 0 Å². The lowest BCUT2D eigenvalue weighted by Gasteiger charge is -2.64. The van der Waals surface area contributed by atoms with Gasteiger partial charge in [-0.3, -0.25) is 5.10 Å². The Bertz CT molecular complexity index is 526. The topological polar surface area (TPSA) is 41.6 Å². The van der Waals surface area contributed by atoms with Crippen molar-refractivity contribution in [2.75, 3.05) is 0 Å². The third-order valence-corrected chi connectivity index (χ3v) is 6.15. The molecule has 110 valence electrons. The van der Waals surface area contributed by atoms with E-state index in [1.54, 1.807) is 0 Å². The van der Waals surface area contributed by atoms with E-state index in [0.717, 1.165) is 17.6 Å². The van der Waals surface area contributed by atoms with E-state index in [-0.39, 0.29) is 5.41 Å². The number of nitrogens with zero attached hydrogens (tertiary/aromatic N) is 2. The van der Waals surface area contributed by atoms with E-state index in [4.69, 9.17) is 4.98 Å². The van der Waals surface area contributed by atoms with Gasteiger partial charge in [-0.15, -0.1) is 0 Å². The summed E-state index contributed by atoms with van der Waals surface area (Å²) in [6.07, 6.45) is 8.23. The molecule has 20 heavy (non-hydrogen) atoms. The van der Waals surface area contributed by atoms with Crippen LogP contribution in [-0.2, 0) is 5.41 Å². The molecule has 0 radical (unpaired) electrons. The van der Waals surface area contributed by atoms with Crippen molar-refractivity contribution in [2.45, 2.75) is 77.6 Å². The number of nitrogens with one attached hydrogen (secondary N) is 1. The Morgan fingerprint density at radius 2 is 1.70 bits per heavy atom. The van der Waals surface area contributed by atoms with E-state index in [9.17, 15) is 0 Å². The molecule has 0 spiro atoms. The van der Waals surface area contributed by atoms with Crippen LogP contribution >= 0.6 is 0 Å². The van der Waals surface area contributed by atoms with Crippen molar-refractivity contribution in [1.82, 2.24) is 15.2 Å². The lowest BCUT2D eigenvalue weighted by atomic mass is 9.40. The summed E-state index contributed by atoms with van der Waals surface area (Å²) >= 11 is 0. The van der Waals surface area contributed by atoms with E-state index in [0.29, 0.717) is 16.7 Å². The number of hydrogen-bond donors (Lipinski definition) is 1. The molecule has 2 atom stereocenters. The minimum absolute atomic E-state index is 0.270. The summed E-state index contributed by atoms with van der Waals surface area (Å²) in [5.74, 6) is 3.53. The van der Waals surface area contributed by atoms with Gasteiger partial charge in [-0.05, 0) is 55.3 Å². The zero-order valence-electron chi connectivity index (χ0n) is 13.3. The maximum Gasteiger partial charge on any atom is 0.156 e. The van der Waals surface area contributed by atoms with Gasteiger partial charge in [-0.2, -0.15) is 5.10 Å². The Morgan fingerprint density at radius 1 is 1.05 bits per heavy atom. The Balaban J connectivity index is 1.76. The van der Waals surface area contributed by atoms with Crippen molar-refractivity contribution in [3.63, 3.8) is 0 Å². The summed E-state index contributed by atoms with van der Waals surface area (Å²) in [6, 6.07) is 0. The second-order valence-corrected chi connectivity index (χ2v) is 9.11. The number of aromatic amines is 1. The Morgan fingerprint density at radius 3 is 2.20 bits per heavy atom. The van der Waals surface area contributed by atoms with Gasteiger partial charge < -0.3 is 0 Å². The summed E-state index contributed by atoms with van der Waals surface area (Å²) in [6.45, 7) is 9.40. The highest BCUT2D eigenvalue weighted by molar-refractivity contribution is 5.22. The van der Waals surface area contributed by atoms with E-state index in [1.165, 1.54) is 38.5 Å². The van der Waals surface area contributed by atoms with Crippen LogP contribution in [0.2, 0.25) is 0 Å². The third kappa shape index (κ3) is 1.71. The van der Waals surface area contributed by atoms with Crippen molar-refractivity contribution >= 4 is 0 Å². The first-order valence-electron chi connectivity index (χ1n) is 8.24. The van der Waals surface area contributed by atoms with E-state index in [2.05, 4.69) is 37.9 Å². The van der Waals surface area contributed by atoms with Gasteiger partial charge >= 0.3 is 0 Å². The molecule has 1 aromatic rings. The number of H-pyrrole nitrogens is 1. The second-order valence-electron chi connectivity index (χ2n) is 9.11. The van der Waals surface area contributed by atoms with Crippen LogP contribution in [0, 0.1) is 16.7 Å². The molecule has 4 saturated carbocycles. The predicted octanol–water partition coefficient (Wildman–Crippen LogP) is 4.18. The summed E-state index contributed by atoms with van der Waals surface area (Å²) in [5.41, 5.74) is 1.34. The summed E-state index contributed by atoms with van der Waals surface area (Å²) in [5, 5.41) is 7.85. The highest BCUT2D eigenvalue weighted by Crippen LogP contribution is 2.69. The fraction of sp³-hybridized carbons (Fsp3) is 0.882. The first kappa shape index (κ1) is 12.8. The Kier molecular flexibility index (Phi) is 2.35. The summed E-state index contributed by atoms with van der Waals surface area (Å²) in [4.78, 5) is 4.90. The molecule has 4 bridgehead atoms. The molecule has 4 aliphatic carbocycles. The molecular weight excluding hydrogens is 246 g/mol. The van der Waals surface area contributed by atoms with E-state index >= 15 is 0 Å². The van der Waals surface area contributed by atoms with Crippen molar-refractivity contribution in [3.8, 4) is 0 Å². The van der Waals surface area contributed by atoms with Crippen LogP contribution in [-0.4, -0.2) is 15.2 Å². The zero-order chi connectivity index (χ0) is 14.2. The highest BCUT2D eigenvalue weighted by atomic mass is 15.2.